The standard InChI is InChI=1S/C13H8N4O/c14-6-9-7-15-11-8-16-17(12(11)13(9)18)10-4-2-1-3-5-10/h1-5,7-8H,(H,15,18). The van der Waals surface area contributed by atoms with E-state index in [1.807, 2.05) is 36.4 Å². The van der Waals surface area contributed by atoms with Gasteiger partial charge in [-0.25, -0.2) is 4.68 Å². The van der Waals surface area contributed by atoms with Crippen molar-refractivity contribution in [2.45, 2.75) is 0 Å². The van der Waals surface area contributed by atoms with Gasteiger partial charge in [-0.05, 0) is 12.1 Å². The van der Waals surface area contributed by atoms with Crippen LogP contribution in [0.1, 0.15) is 5.56 Å². The minimum absolute atomic E-state index is 0.0835. The summed E-state index contributed by atoms with van der Waals surface area (Å²) in [5.41, 5.74) is 1.56. The summed E-state index contributed by atoms with van der Waals surface area (Å²) in [6.45, 7) is 0. The first-order valence-electron chi connectivity index (χ1n) is 5.36. The molecule has 0 spiro atoms. The topological polar surface area (TPSA) is 74.5 Å². The summed E-state index contributed by atoms with van der Waals surface area (Å²) in [5.74, 6) is 0. The van der Waals surface area contributed by atoms with Crippen LogP contribution in [0.4, 0.5) is 0 Å². The Kier molecular flexibility index (Phi) is 2.21. The molecule has 0 unspecified atom stereocenters. The summed E-state index contributed by atoms with van der Waals surface area (Å²) in [4.78, 5) is 15.0. The number of nitrogens with zero attached hydrogens (tertiary/aromatic N) is 3. The molecule has 0 amide bonds. The van der Waals surface area contributed by atoms with E-state index < -0.39 is 0 Å². The van der Waals surface area contributed by atoms with E-state index in [-0.39, 0.29) is 11.0 Å². The normalized spacial score (nSPS) is 10.4. The second-order valence-corrected chi connectivity index (χ2v) is 3.80. The fraction of sp³-hybridized carbons (Fsp3) is 0. The van der Waals surface area contributed by atoms with Gasteiger partial charge < -0.3 is 4.98 Å². The lowest BCUT2D eigenvalue weighted by atomic mass is 10.2. The molecule has 18 heavy (non-hydrogen) atoms. The Hall–Kier alpha value is -2.87. The molecule has 0 fully saturated rings. The summed E-state index contributed by atoms with van der Waals surface area (Å²) in [6.07, 6.45) is 2.98. The molecule has 0 bridgehead atoms. The lowest BCUT2D eigenvalue weighted by Crippen LogP contribution is -2.11. The molecule has 2 aromatic heterocycles. The van der Waals surface area contributed by atoms with Gasteiger partial charge in [-0.1, -0.05) is 18.2 Å². The zero-order chi connectivity index (χ0) is 12.5. The summed E-state index contributed by atoms with van der Waals surface area (Å²) < 4.78 is 1.54. The number of hydrogen-bond donors (Lipinski definition) is 1. The number of benzene rings is 1. The van der Waals surface area contributed by atoms with Crippen LogP contribution >= 0.6 is 0 Å². The number of nitrogens with one attached hydrogen (secondary N) is 1. The number of nitriles is 1. The van der Waals surface area contributed by atoms with Gasteiger partial charge >= 0.3 is 0 Å². The van der Waals surface area contributed by atoms with Crippen LogP contribution in [-0.2, 0) is 0 Å². The average molecular weight is 236 g/mol. The number of para-hydroxylation sites is 1. The second kappa shape index (κ2) is 3.86. The fourth-order valence-electron chi connectivity index (χ4n) is 1.86. The zero-order valence-electron chi connectivity index (χ0n) is 9.29. The first kappa shape index (κ1) is 10.3. The molecule has 1 N–H and O–H groups in total. The maximum absolute atomic E-state index is 12.1. The minimum Gasteiger partial charge on any atom is -0.357 e. The van der Waals surface area contributed by atoms with Crippen molar-refractivity contribution in [3.8, 4) is 11.8 Å². The molecule has 5 heteroatoms. The van der Waals surface area contributed by atoms with E-state index in [4.69, 9.17) is 5.26 Å². The molecule has 0 aliphatic heterocycles. The first-order chi connectivity index (χ1) is 8.81. The Balaban J connectivity index is 2.40. The van der Waals surface area contributed by atoms with E-state index in [2.05, 4.69) is 10.1 Å². The second-order valence-electron chi connectivity index (χ2n) is 3.80. The van der Waals surface area contributed by atoms with Gasteiger partial charge in [0.25, 0.3) is 0 Å². The van der Waals surface area contributed by atoms with Gasteiger partial charge in [-0.3, -0.25) is 4.79 Å². The molecule has 0 aliphatic rings. The predicted octanol–water partition coefficient (Wildman–Crippen LogP) is 1.59. The van der Waals surface area contributed by atoms with Crippen molar-refractivity contribution in [1.82, 2.24) is 14.8 Å². The van der Waals surface area contributed by atoms with Crippen molar-refractivity contribution in [3.05, 3.63) is 58.5 Å². The lowest BCUT2D eigenvalue weighted by Gasteiger charge is -2.02. The highest BCUT2D eigenvalue weighted by Gasteiger charge is 2.11. The molecule has 3 aromatic rings. The highest BCUT2D eigenvalue weighted by Crippen LogP contribution is 2.13. The summed E-state index contributed by atoms with van der Waals surface area (Å²) in [6, 6.07) is 11.2. The van der Waals surface area contributed by atoms with E-state index in [9.17, 15) is 4.79 Å². The first-order valence-corrected chi connectivity index (χ1v) is 5.36. The molecule has 0 aliphatic carbocycles. The average Bonchev–Trinajstić information content (AvgIpc) is 2.85. The van der Waals surface area contributed by atoms with Gasteiger partial charge in [-0.15, -0.1) is 0 Å². The summed E-state index contributed by atoms with van der Waals surface area (Å²) >= 11 is 0. The van der Waals surface area contributed by atoms with Crippen molar-refractivity contribution in [2.75, 3.05) is 0 Å². The zero-order valence-corrected chi connectivity index (χ0v) is 9.29. The van der Waals surface area contributed by atoms with Crippen LogP contribution in [0.15, 0.2) is 47.5 Å². The van der Waals surface area contributed by atoms with Crippen LogP contribution in [0.5, 0.6) is 0 Å². The van der Waals surface area contributed by atoms with Gasteiger partial charge in [0.1, 0.15) is 17.1 Å². The molecule has 0 saturated heterocycles. The number of pyridine rings is 1. The van der Waals surface area contributed by atoms with Crippen molar-refractivity contribution >= 4 is 11.0 Å². The number of fused-ring (bicyclic) bond motifs is 1. The van der Waals surface area contributed by atoms with E-state index in [0.29, 0.717) is 11.0 Å². The van der Waals surface area contributed by atoms with Crippen LogP contribution in [0.2, 0.25) is 0 Å². The van der Waals surface area contributed by atoms with E-state index in [1.54, 1.807) is 6.20 Å². The van der Waals surface area contributed by atoms with E-state index >= 15 is 0 Å². The highest BCUT2D eigenvalue weighted by molar-refractivity contribution is 5.77. The third-order valence-corrected chi connectivity index (χ3v) is 2.72. The number of aromatic amines is 1. The molecule has 86 valence electrons. The summed E-state index contributed by atoms with van der Waals surface area (Å²) in [7, 11) is 0. The summed E-state index contributed by atoms with van der Waals surface area (Å²) in [5, 5.41) is 13.1. The van der Waals surface area contributed by atoms with Gasteiger partial charge in [-0.2, -0.15) is 10.4 Å². The van der Waals surface area contributed by atoms with Crippen LogP contribution < -0.4 is 5.43 Å². The highest BCUT2D eigenvalue weighted by atomic mass is 16.1. The molecule has 1 aromatic carbocycles. The van der Waals surface area contributed by atoms with Crippen molar-refractivity contribution in [3.63, 3.8) is 0 Å². The SMILES string of the molecule is N#Cc1c[nH]c2cnn(-c3ccccc3)c2c1=O. The van der Waals surface area contributed by atoms with Gasteiger partial charge in [0.15, 0.2) is 0 Å². The quantitative estimate of drug-likeness (QED) is 0.697. The maximum atomic E-state index is 12.1. The Morgan fingerprint density at radius 2 is 2.06 bits per heavy atom. The molecular formula is C13H8N4O. The van der Waals surface area contributed by atoms with Gasteiger partial charge in [0.05, 0.1) is 17.4 Å². The predicted molar refractivity (Wildman–Crippen MR) is 66.4 cm³/mol. The van der Waals surface area contributed by atoms with Gasteiger partial charge in [0.2, 0.25) is 5.43 Å². The Morgan fingerprint density at radius 1 is 1.28 bits per heavy atom. The van der Waals surface area contributed by atoms with Crippen molar-refractivity contribution in [2.24, 2.45) is 0 Å². The Morgan fingerprint density at radius 3 is 2.78 bits per heavy atom. The van der Waals surface area contributed by atoms with Crippen LogP contribution in [-0.4, -0.2) is 14.8 Å². The molecule has 3 rings (SSSR count). The number of rotatable bonds is 1. The van der Waals surface area contributed by atoms with Crippen molar-refractivity contribution < 1.29 is 0 Å². The Labute approximate surface area is 102 Å². The Bertz CT molecular complexity index is 808. The maximum Gasteiger partial charge on any atom is 0.225 e. The lowest BCUT2D eigenvalue weighted by molar-refractivity contribution is 0.907. The fourth-order valence-corrected chi connectivity index (χ4v) is 1.86. The molecule has 0 atom stereocenters. The van der Waals surface area contributed by atoms with Crippen LogP contribution in [0.3, 0.4) is 0 Å². The third-order valence-electron chi connectivity index (χ3n) is 2.72. The van der Waals surface area contributed by atoms with Crippen molar-refractivity contribution in [1.29, 1.82) is 5.26 Å². The van der Waals surface area contributed by atoms with Crippen LogP contribution in [0, 0.1) is 11.3 Å². The molecule has 2 heterocycles. The van der Waals surface area contributed by atoms with E-state index in [1.165, 1.54) is 10.9 Å². The number of aromatic nitrogens is 3. The third kappa shape index (κ3) is 1.40. The monoisotopic (exact) mass is 236 g/mol. The number of hydrogen-bond acceptors (Lipinski definition) is 3. The molecule has 0 radical (unpaired) electrons. The molecule has 5 nitrogen and oxygen atoms in total. The van der Waals surface area contributed by atoms with E-state index in [0.717, 1.165) is 5.69 Å². The minimum atomic E-state index is -0.312. The largest absolute Gasteiger partial charge is 0.357 e. The van der Waals surface area contributed by atoms with Gasteiger partial charge in [0, 0.05) is 6.20 Å². The van der Waals surface area contributed by atoms with Crippen LogP contribution in [0.25, 0.3) is 16.7 Å². The molecule has 0 saturated carbocycles. The molecular weight excluding hydrogens is 228 g/mol. The number of H-pyrrole nitrogens is 1. The smallest absolute Gasteiger partial charge is 0.225 e.